The molecule has 0 aliphatic rings. The molecule has 0 saturated carbocycles. The molecule has 45 heavy (non-hydrogen) atoms. The zero-order valence-corrected chi connectivity index (χ0v) is 29.5. The third-order valence-electron chi connectivity index (χ3n) is 7.49. The standard InChI is InChI=1S/C36H67NO8/c1-6-8-10-12-14-16-18-20-22-24-26-33(38)43-30-32(31-44-36(35(40)41)42-29-28-37(3,4)5)45-34(39)27-25-23-21-19-17-15-13-11-9-7-2/h11,13,32,36H,6-10,12,14-31H2,1-5H3/b13-11-. The molecule has 0 saturated heterocycles. The number of rotatable bonds is 32. The lowest BCUT2D eigenvalue weighted by molar-refractivity contribution is -0.870. The van der Waals surface area contributed by atoms with Crippen LogP contribution in [-0.4, -0.2) is 82.3 Å². The Hall–Kier alpha value is -1.97. The van der Waals surface area contributed by atoms with Gasteiger partial charge in [0.15, 0.2) is 12.4 Å². The van der Waals surface area contributed by atoms with Gasteiger partial charge in [0.25, 0.3) is 0 Å². The predicted octanol–water partition coefficient (Wildman–Crippen LogP) is 6.65. The largest absolute Gasteiger partial charge is 0.545 e. The van der Waals surface area contributed by atoms with E-state index in [1.165, 1.54) is 51.4 Å². The lowest BCUT2D eigenvalue weighted by atomic mass is 10.1. The Balaban J connectivity index is 4.60. The van der Waals surface area contributed by atoms with Crippen molar-refractivity contribution < 1.29 is 42.9 Å². The fourth-order valence-electron chi connectivity index (χ4n) is 4.65. The number of nitrogens with zero attached hydrogens (tertiary/aromatic N) is 1. The summed E-state index contributed by atoms with van der Waals surface area (Å²) in [6.45, 7) is 4.62. The van der Waals surface area contributed by atoms with Gasteiger partial charge in [0.05, 0.1) is 40.3 Å². The molecule has 0 aromatic carbocycles. The average Bonchev–Trinajstić information content (AvgIpc) is 2.98. The molecule has 0 heterocycles. The minimum atomic E-state index is -1.61. The molecule has 9 heteroatoms. The lowest BCUT2D eigenvalue weighted by Crippen LogP contribution is -2.44. The number of esters is 2. The van der Waals surface area contributed by atoms with E-state index in [-0.39, 0.29) is 32.2 Å². The number of carbonyl (C=O) groups is 3. The van der Waals surface area contributed by atoms with Crippen molar-refractivity contribution in [3.05, 3.63) is 12.2 Å². The molecule has 0 aromatic rings. The molecule has 0 rings (SSSR count). The first-order valence-electron chi connectivity index (χ1n) is 17.8. The van der Waals surface area contributed by atoms with Crippen molar-refractivity contribution in [3.63, 3.8) is 0 Å². The first-order valence-corrected chi connectivity index (χ1v) is 17.8. The molecule has 0 spiro atoms. The summed E-state index contributed by atoms with van der Waals surface area (Å²) in [5.41, 5.74) is 0. The molecule has 0 bridgehead atoms. The fraction of sp³-hybridized carbons (Fsp3) is 0.861. The Morgan fingerprint density at radius 1 is 0.644 bits per heavy atom. The number of carboxylic acids is 1. The van der Waals surface area contributed by atoms with Gasteiger partial charge in [0.1, 0.15) is 13.2 Å². The van der Waals surface area contributed by atoms with Gasteiger partial charge in [-0.15, -0.1) is 0 Å². The molecule has 0 aliphatic heterocycles. The SMILES string of the molecule is CCC/C=C\CCCCCCCC(=O)OC(COC(=O)CCCCCCCCCCCC)COC(OCC[N+](C)(C)C)C(=O)[O-]. The van der Waals surface area contributed by atoms with Crippen LogP contribution >= 0.6 is 0 Å². The van der Waals surface area contributed by atoms with Crippen LogP contribution in [-0.2, 0) is 33.3 Å². The quantitative estimate of drug-likeness (QED) is 0.0264. The van der Waals surface area contributed by atoms with Crippen LogP contribution in [0.5, 0.6) is 0 Å². The van der Waals surface area contributed by atoms with Crippen molar-refractivity contribution in [3.8, 4) is 0 Å². The summed E-state index contributed by atoms with van der Waals surface area (Å²) >= 11 is 0. The molecule has 2 atom stereocenters. The Kier molecular flexibility index (Phi) is 28.1. The first kappa shape index (κ1) is 43.0. The van der Waals surface area contributed by atoms with Gasteiger partial charge in [0, 0.05) is 12.8 Å². The van der Waals surface area contributed by atoms with E-state index in [9.17, 15) is 19.5 Å². The number of quaternary nitrogens is 1. The van der Waals surface area contributed by atoms with Crippen LogP contribution in [0.4, 0.5) is 0 Å². The maximum absolute atomic E-state index is 12.6. The number of likely N-dealkylation sites (N-methyl/N-ethyl adjacent to an activating group) is 1. The third-order valence-corrected chi connectivity index (χ3v) is 7.49. The van der Waals surface area contributed by atoms with Crippen molar-refractivity contribution >= 4 is 17.9 Å². The summed E-state index contributed by atoms with van der Waals surface area (Å²) in [5, 5.41) is 11.6. The van der Waals surface area contributed by atoms with E-state index in [4.69, 9.17) is 18.9 Å². The van der Waals surface area contributed by atoms with Crippen LogP contribution in [0.2, 0.25) is 0 Å². The Morgan fingerprint density at radius 2 is 1.18 bits per heavy atom. The van der Waals surface area contributed by atoms with Gasteiger partial charge in [-0.1, -0.05) is 109 Å². The van der Waals surface area contributed by atoms with Crippen LogP contribution in [0.25, 0.3) is 0 Å². The summed E-state index contributed by atoms with van der Waals surface area (Å²) < 4.78 is 22.3. The number of hydrogen-bond donors (Lipinski definition) is 0. The Bertz CT molecular complexity index is 765. The second-order valence-corrected chi connectivity index (χ2v) is 13.2. The van der Waals surface area contributed by atoms with Gasteiger partial charge in [-0.05, 0) is 32.1 Å². The van der Waals surface area contributed by atoms with E-state index >= 15 is 0 Å². The second-order valence-electron chi connectivity index (χ2n) is 13.2. The number of aliphatic carboxylic acids is 1. The van der Waals surface area contributed by atoms with Crippen LogP contribution in [0.15, 0.2) is 12.2 Å². The van der Waals surface area contributed by atoms with Crippen molar-refractivity contribution in [2.45, 2.75) is 155 Å². The number of carbonyl (C=O) groups excluding carboxylic acids is 3. The molecule has 0 aromatic heterocycles. The van der Waals surface area contributed by atoms with Crippen LogP contribution in [0.3, 0.4) is 0 Å². The molecule has 0 radical (unpaired) electrons. The van der Waals surface area contributed by atoms with Crippen LogP contribution in [0, 0.1) is 0 Å². The minimum absolute atomic E-state index is 0.148. The van der Waals surface area contributed by atoms with Crippen molar-refractivity contribution in [2.24, 2.45) is 0 Å². The molecule has 264 valence electrons. The van der Waals surface area contributed by atoms with E-state index in [1.54, 1.807) is 0 Å². The summed E-state index contributed by atoms with van der Waals surface area (Å²) in [5.74, 6) is -2.30. The van der Waals surface area contributed by atoms with E-state index in [0.717, 1.165) is 57.8 Å². The van der Waals surface area contributed by atoms with Crippen LogP contribution in [0.1, 0.15) is 142 Å². The third kappa shape index (κ3) is 30.4. The van der Waals surface area contributed by atoms with Gasteiger partial charge in [0.2, 0.25) is 0 Å². The number of ether oxygens (including phenoxy) is 4. The number of carboxylic acid groups (broad SMARTS) is 1. The first-order chi connectivity index (χ1) is 21.6. The van der Waals surface area contributed by atoms with E-state index in [0.29, 0.717) is 23.9 Å². The highest BCUT2D eigenvalue weighted by atomic mass is 16.7. The maximum atomic E-state index is 12.6. The van der Waals surface area contributed by atoms with Gasteiger partial charge in [-0.25, -0.2) is 0 Å². The highest BCUT2D eigenvalue weighted by Crippen LogP contribution is 2.13. The molecule has 0 aliphatic carbocycles. The topological polar surface area (TPSA) is 111 Å². The highest BCUT2D eigenvalue weighted by Gasteiger charge is 2.21. The van der Waals surface area contributed by atoms with Crippen LogP contribution < -0.4 is 5.11 Å². The zero-order valence-electron chi connectivity index (χ0n) is 29.5. The average molecular weight is 642 g/mol. The number of hydrogen-bond acceptors (Lipinski definition) is 8. The zero-order chi connectivity index (χ0) is 33.6. The highest BCUT2D eigenvalue weighted by molar-refractivity contribution is 5.70. The smallest absolute Gasteiger partial charge is 0.306 e. The van der Waals surface area contributed by atoms with Crippen molar-refractivity contribution in [2.75, 3.05) is 47.5 Å². The maximum Gasteiger partial charge on any atom is 0.306 e. The molecular formula is C36H67NO8. The molecule has 2 unspecified atom stereocenters. The lowest BCUT2D eigenvalue weighted by Gasteiger charge is -2.26. The Labute approximate surface area is 275 Å². The fourth-order valence-corrected chi connectivity index (χ4v) is 4.65. The summed E-state index contributed by atoms with van der Waals surface area (Å²) in [6, 6.07) is 0. The molecular weight excluding hydrogens is 574 g/mol. The molecule has 0 amide bonds. The number of allylic oxidation sites excluding steroid dienone is 2. The second kappa shape index (κ2) is 29.4. The van der Waals surface area contributed by atoms with Gasteiger partial charge < -0.3 is 33.3 Å². The molecule has 0 fully saturated rings. The minimum Gasteiger partial charge on any atom is -0.545 e. The van der Waals surface area contributed by atoms with Gasteiger partial charge >= 0.3 is 11.9 Å². The Morgan fingerprint density at radius 3 is 1.73 bits per heavy atom. The summed E-state index contributed by atoms with van der Waals surface area (Å²) in [4.78, 5) is 36.5. The summed E-state index contributed by atoms with van der Waals surface area (Å²) in [6.07, 6.45) is 22.5. The number of unbranched alkanes of at least 4 members (excludes halogenated alkanes) is 15. The predicted molar refractivity (Wildman–Crippen MR) is 177 cm³/mol. The molecule has 0 N–H and O–H groups in total. The van der Waals surface area contributed by atoms with Crippen molar-refractivity contribution in [1.82, 2.24) is 0 Å². The van der Waals surface area contributed by atoms with Gasteiger partial charge in [-0.3, -0.25) is 9.59 Å². The molecule has 9 nitrogen and oxygen atoms in total. The summed E-state index contributed by atoms with van der Waals surface area (Å²) in [7, 11) is 5.89. The normalized spacial score (nSPS) is 13.2. The van der Waals surface area contributed by atoms with E-state index < -0.39 is 24.3 Å². The van der Waals surface area contributed by atoms with E-state index in [2.05, 4.69) is 26.0 Å². The van der Waals surface area contributed by atoms with Crippen molar-refractivity contribution in [1.29, 1.82) is 0 Å². The van der Waals surface area contributed by atoms with Gasteiger partial charge in [-0.2, -0.15) is 0 Å². The van der Waals surface area contributed by atoms with E-state index in [1.807, 2.05) is 21.1 Å². The monoisotopic (exact) mass is 641 g/mol.